The SMILES string of the molecule is CCCc1nc(NC2CCCN(Cc3cccnc3)C2)c2cnn(C)c2n1. The lowest BCUT2D eigenvalue weighted by molar-refractivity contribution is 0.208. The molecule has 1 N–H and O–H groups in total. The standard InChI is InChI=1S/C20H27N7/c1-3-6-18-24-19(17-12-22-26(2)20(17)25-18)23-16-8-5-10-27(14-16)13-15-7-4-9-21-11-15/h4,7,9,11-12,16H,3,5-6,8,10,13-14H2,1-2H3,(H,23,24,25). The zero-order chi connectivity index (χ0) is 18.6. The van der Waals surface area contributed by atoms with Gasteiger partial charge in [0.05, 0.1) is 11.6 Å². The molecule has 4 rings (SSSR count). The van der Waals surface area contributed by atoms with Crippen LogP contribution in [-0.4, -0.2) is 48.8 Å². The summed E-state index contributed by atoms with van der Waals surface area (Å²) in [6.07, 6.45) is 9.89. The van der Waals surface area contributed by atoms with Crippen molar-refractivity contribution in [1.29, 1.82) is 0 Å². The summed E-state index contributed by atoms with van der Waals surface area (Å²) in [5.41, 5.74) is 2.17. The van der Waals surface area contributed by atoms with E-state index in [4.69, 9.17) is 4.98 Å². The Bertz CT molecular complexity index is 890. The van der Waals surface area contributed by atoms with Crippen molar-refractivity contribution in [3.63, 3.8) is 0 Å². The summed E-state index contributed by atoms with van der Waals surface area (Å²) < 4.78 is 1.83. The van der Waals surface area contributed by atoms with Gasteiger partial charge in [-0.2, -0.15) is 5.10 Å². The van der Waals surface area contributed by atoms with Gasteiger partial charge in [-0.05, 0) is 37.4 Å². The number of nitrogens with zero attached hydrogens (tertiary/aromatic N) is 6. The average molecular weight is 365 g/mol. The molecule has 7 nitrogen and oxygen atoms in total. The van der Waals surface area contributed by atoms with Crippen molar-refractivity contribution in [1.82, 2.24) is 29.6 Å². The Morgan fingerprint density at radius 3 is 3.00 bits per heavy atom. The van der Waals surface area contributed by atoms with Crippen molar-refractivity contribution >= 4 is 16.9 Å². The number of rotatable bonds is 6. The second kappa shape index (κ2) is 8.00. The van der Waals surface area contributed by atoms with Gasteiger partial charge in [-0.1, -0.05) is 13.0 Å². The summed E-state index contributed by atoms with van der Waals surface area (Å²) in [7, 11) is 1.94. The highest BCUT2D eigenvalue weighted by molar-refractivity contribution is 5.86. The van der Waals surface area contributed by atoms with E-state index in [2.05, 4.69) is 38.3 Å². The highest BCUT2D eigenvalue weighted by atomic mass is 15.3. The van der Waals surface area contributed by atoms with Crippen molar-refractivity contribution in [3.05, 3.63) is 42.1 Å². The third kappa shape index (κ3) is 4.08. The molecule has 3 aromatic rings. The van der Waals surface area contributed by atoms with Crippen LogP contribution < -0.4 is 5.32 Å². The predicted octanol–water partition coefficient (Wildman–Crippen LogP) is 2.79. The number of fused-ring (bicyclic) bond motifs is 1. The van der Waals surface area contributed by atoms with E-state index >= 15 is 0 Å². The summed E-state index contributed by atoms with van der Waals surface area (Å²) in [6, 6.07) is 4.53. The van der Waals surface area contributed by atoms with Crippen molar-refractivity contribution in [3.8, 4) is 0 Å². The van der Waals surface area contributed by atoms with Crippen LogP contribution in [0.4, 0.5) is 5.82 Å². The molecule has 3 aromatic heterocycles. The Morgan fingerprint density at radius 1 is 1.26 bits per heavy atom. The molecular formula is C20H27N7. The van der Waals surface area contributed by atoms with Gasteiger partial charge < -0.3 is 5.32 Å². The van der Waals surface area contributed by atoms with Crippen molar-refractivity contribution in [2.45, 2.75) is 45.2 Å². The minimum atomic E-state index is 0.378. The molecule has 0 aromatic carbocycles. The van der Waals surface area contributed by atoms with Gasteiger partial charge in [0.15, 0.2) is 5.65 Å². The third-order valence-electron chi connectivity index (χ3n) is 5.09. The van der Waals surface area contributed by atoms with E-state index in [1.165, 1.54) is 12.0 Å². The van der Waals surface area contributed by atoms with Gasteiger partial charge in [0.2, 0.25) is 0 Å². The van der Waals surface area contributed by atoms with Gasteiger partial charge in [0.25, 0.3) is 0 Å². The van der Waals surface area contributed by atoms with Crippen LogP contribution in [0.5, 0.6) is 0 Å². The first-order chi connectivity index (χ1) is 13.2. The Morgan fingerprint density at radius 2 is 2.19 bits per heavy atom. The molecule has 1 aliphatic rings. The molecule has 0 radical (unpaired) electrons. The molecule has 1 saturated heterocycles. The largest absolute Gasteiger partial charge is 0.365 e. The number of piperidine rings is 1. The number of hydrogen-bond donors (Lipinski definition) is 1. The van der Waals surface area contributed by atoms with E-state index in [0.29, 0.717) is 6.04 Å². The number of anilines is 1. The average Bonchev–Trinajstić information content (AvgIpc) is 3.05. The Labute approximate surface area is 159 Å². The van der Waals surface area contributed by atoms with Crippen LogP contribution in [0.1, 0.15) is 37.6 Å². The molecule has 142 valence electrons. The fourth-order valence-electron chi connectivity index (χ4n) is 3.77. The van der Waals surface area contributed by atoms with E-state index < -0.39 is 0 Å². The van der Waals surface area contributed by atoms with Crippen LogP contribution in [0.15, 0.2) is 30.7 Å². The lowest BCUT2D eigenvalue weighted by Gasteiger charge is -2.33. The topological polar surface area (TPSA) is 71.8 Å². The van der Waals surface area contributed by atoms with Gasteiger partial charge in [-0.25, -0.2) is 9.97 Å². The smallest absolute Gasteiger partial charge is 0.163 e. The molecule has 0 aliphatic carbocycles. The van der Waals surface area contributed by atoms with Crippen LogP contribution in [-0.2, 0) is 20.0 Å². The van der Waals surface area contributed by atoms with Crippen LogP contribution in [0.3, 0.4) is 0 Å². The van der Waals surface area contributed by atoms with Crippen LogP contribution in [0.25, 0.3) is 11.0 Å². The summed E-state index contributed by atoms with van der Waals surface area (Å²) in [5, 5.41) is 9.07. The molecule has 1 fully saturated rings. The van der Waals surface area contributed by atoms with Crippen molar-refractivity contribution < 1.29 is 0 Å². The van der Waals surface area contributed by atoms with Crippen LogP contribution in [0.2, 0.25) is 0 Å². The number of hydrogen-bond acceptors (Lipinski definition) is 6. The van der Waals surface area contributed by atoms with Crippen molar-refractivity contribution in [2.24, 2.45) is 7.05 Å². The number of nitrogens with one attached hydrogen (secondary N) is 1. The molecular weight excluding hydrogens is 338 g/mol. The van der Waals surface area contributed by atoms with Gasteiger partial charge in [-0.3, -0.25) is 14.6 Å². The summed E-state index contributed by atoms with van der Waals surface area (Å²) in [5.74, 6) is 1.81. The maximum Gasteiger partial charge on any atom is 0.163 e. The maximum atomic E-state index is 4.80. The number of pyridine rings is 1. The fourth-order valence-corrected chi connectivity index (χ4v) is 3.77. The number of aromatic nitrogens is 5. The molecule has 1 unspecified atom stereocenters. The number of likely N-dealkylation sites (tertiary alicyclic amines) is 1. The van der Waals surface area contributed by atoms with Crippen LogP contribution in [0, 0.1) is 0 Å². The first-order valence-corrected chi connectivity index (χ1v) is 9.79. The first kappa shape index (κ1) is 17.9. The zero-order valence-electron chi connectivity index (χ0n) is 16.1. The minimum Gasteiger partial charge on any atom is -0.365 e. The van der Waals surface area contributed by atoms with E-state index in [-0.39, 0.29) is 0 Å². The Balaban J connectivity index is 1.51. The molecule has 1 atom stereocenters. The highest BCUT2D eigenvalue weighted by Crippen LogP contribution is 2.23. The normalized spacial score (nSPS) is 18.1. The molecule has 4 heterocycles. The number of aryl methyl sites for hydroxylation is 2. The molecule has 7 heteroatoms. The third-order valence-corrected chi connectivity index (χ3v) is 5.09. The van der Waals surface area contributed by atoms with Gasteiger partial charge in [-0.15, -0.1) is 0 Å². The molecule has 27 heavy (non-hydrogen) atoms. The summed E-state index contributed by atoms with van der Waals surface area (Å²) >= 11 is 0. The van der Waals surface area contributed by atoms with Gasteiger partial charge in [0.1, 0.15) is 11.6 Å². The fraction of sp³-hybridized carbons (Fsp3) is 0.500. The lowest BCUT2D eigenvalue weighted by Crippen LogP contribution is -2.41. The minimum absolute atomic E-state index is 0.378. The molecule has 1 aliphatic heterocycles. The van der Waals surface area contributed by atoms with E-state index in [1.807, 2.05) is 36.4 Å². The molecule has 0 amide bonds. The van der Waals surface area contributed by atoms with Gasteiger partial charge in [0, 0.05) is 45.0 Å². The molecule has 0 spiro atoms. The molecule has 0 saturated carbocycles. The van der Waals surface area contributed by atoms with E-state index in [0.717, 1.165) is 61.6 Å². The van der Waals surface area contributed by atoms with Gasteiger partial charge >= 0.3 is 0 Å². The maximum absolute atomic E-state index is 4.80. The highest BCUT2D eigenvalue weighted by Gasteiger charge is 2.22. The van der Waals surface area contributed by atoms with E-state index in [1.54, 1.807) is 0 Å². The van der Waals surface area contributed by atoms with E-state index in [9.17, 15) is 0 Å². The zero-order valence-corrected chi connectivity index (χ0v) is 16.1. The first-order valence-electron chi connectivity index (χ1n) is 9.79. The Hall–Kier alpha value is -2.54. The van der Waals surface area contributed by atoms with Crippen molar-refractivity contribution in [2.75, 3.05) is 18.4 Å². The quantitative estimate of drug-likeness (QED) is 0.724. The second-order valence-electron chi connectivity index (χ2n) is 7.32. The monoisotopic (exact) mass is 365 g/mol. The second-order valence-corrected chi connectivity index (χ2v) is 7.32. The summed E-state index contributed by atoms with van der Waals surface area (Å²) in [4.78, 5) is 16.2. The molecule has 0 bridgehead atoms. The van der Waals surface area contributed by atoms with Crippen LogP contribution >= 0.6 is 0 Å². The Kier molecular flexibility index (Phi) is 5.29. The summed E-state index contributed by atoms with van der Waals surface area (Å²) in [6.45, 7) is 5.23. The predicted molar refractivity (Wildman–Crippen MR) is 106 cm³/mol. The lowest BCUT2D eigenvalue weighted by atomic mass is 10.0.